The predicted molar refractivity (Wildman–Crippen MR) is 104 cm³/mol. The minimum atomic E-state index is -0.0765. The van der Waals surface area contributed by atoms with Gasteiger partial charge in [0.25, 0.3) is 5.56 Å². The van der Waals surface area contributed by atoms with Crippen LogP contribution in [0.2, 0.25) is 0 Å². The molecule has 23 heavy (non-hydrogen) atoms. The van der Waals surface area contributed by atoms with E-state index in [1.807, 2.05) is 64.2 Å². The molecule has 0 spiro atoms. The lowest BCUT2D eigenvalue weighted by molar-refractivity contribution is 0.942. The highest BCUT2D eigenvalue weighted by atomic mass is 16.1. The maximum Gasteiger partial charge on any atom is 0.263 e. The van der Waals surface area contributed by atoms with Crippen molar-refractivity contribution < 1.29 is 0 Å². The summed E-state index contributed by atoms with van der Waals surface area (Å²) in [7, 11) is 0. The van der Waals surface area contributed by atoms with E-state index in [4.69, 9.17) is 0 Å². The first kappa shape index (κ1) is 18.4. The number of allylic oxidation sites excluding steroid dienone is 6. The summed E-state index contributed by atoms with van der Waals surface area (Å²) in [6, 6.07) is 0. The zero-order valence-electron chi connectivity index (χ0n) is 14.5. The molecule has 1 aromatic heterocycles. The smallest absolute Gasteiger partial charge is 0.263 e. The molecule has 0 saturated carbocycles. The van der Waals surface area contributed by atoms with Crippen molar-refractivity contribution in [3.63, 3.8) is 0 Å². The highest BCUT2D eigenvalue weighted by Gasteiger charge is 2.06. The Balaban J connectivity index is 4.39. The summed E-state index contributed by atoms with van der Waals surface area (Å²) in [5.74, 6) is 0. The van der Waals surface area contributed by atoms with Crippen LogP contribution in [0.3, 0.4) is 0 Å². The summed E-state index contributed by atoms with van der Waals surface area (Å²) in [6.45, 7) is 15.4. The second kappa shape index (κ2) is 8.74. The van der Waals surface area contributed by atoms with Gasteiger partial charge < -0.3 is 0 Å². The molecular weight excluding hydrogens is 282 g/mol. The quantitative estimate of drug-likeness (QED) is 0.778. The van der Waals surface area contributed by atoms with E-state index in [0.717, 1.165) is 21.5 Å². The summed E-state index contributed by atoms with van der Waals surface area (Å²) in [6.07, 6.45) is 16.7. The van der Waals surface area contributed by atoms with Crippen LogP contribution >= 0.6 is 0 Å². The molecule has 0 aliphatic heterocycles. The maximum absolute atomic E-state index is 13.1. The maximum atomic E-state index is 13.1. The number of hydrogen-bond donors (Lipinski definition) is 0. The zero-order valence-corrected chi connectivity index (χ0v) is 14.5. The molecule has 0 aliphatic carbocycles. The molecule has 120 valence electrons. The van der Waals surface area contributed by atoms with Crippen molar-refractivity contribution in [2.24, 2.45) is 0 Å². The van der Waals surface area contributed by atoms with E-state index < -0.39 is 0 Å². The molecule has 0 aliphatic rings. The van der Waals surface area contributed by atoms with Crippen LogP contribution in [0, 0.1) is 0 Å². The molecule has 1 rings (SSSR count). The van der Waals surface area contributed by atoms with E-state index in [-0.39, 0.29) is 5.56 Å². The number of pyridine rings is 1. The fourth-order valence-electron chi connectivity index (χ4n) is 2.61. The largest absolute Gasteiger partial charge is 0.277 e. The van der Waals surface area contributed by atoms with Gasteiger partial charge in [-0.1, -0.05) is 49.6 Å². The number of rotatable bonds is 4. The Bertz CT molecular complexity index is 951. The van der Waals surface area contributed by atoms with Gasteiger partial charge in [0.1, 0.15) is 0 Å². The second-order valence-electron chi connectivity index (χ2n) is 4.86. The first-order valence-corrected chi connectivity index (χ1v) is 7.73. The van der Waals surface area contributed by atoms with Crippen molar-refractivity contribution in [2.45, 2.75) is 27.7 Å². The van der Waals surface area contributed by atoms with Crippen LogP contribution in [0.4, 0.5) is 0 Å². The van der Waals surface area contributed by atoms with Gasteiger partial charge in [-0.25, -0.2) is 0 Å². The molecule has 0 bridgehead atoms. The average Bonchev–Trinajstić information content (AvgIpc) is 2.57. The van der Waals surface area contributed by atoms with E-state index in [9.17, 15) is 4.79 Å². The van der Waals surface area contributed by atoms with Crippen LogP contribution in [0.15, 0.2) is 48.3 Å². The molecule has 0 saturated heterocycles. The van der Waals surface area contributed by atoms with Crippen LogP contribution in [-0.2, 0) is 0 Å². The molecular formula is C21H25NO. The molecule has 0 unspecified atom stereocenters. The zero-order chi connectivity index (χ0) is 17.4. The molecule has 2 heteroatoms. The van der Waals surface area contributed by atoms with E-state index in [1.165, 1.54) is 0 Å². The van der Waals surface area contributed by atoms with Crippen molar-refractivity contribution in [3.05, 3.63) is 74.9 Å². The normalized spacial score (nSPS) is 15.7. The molecule has 0 fully saturated rings. The summed E-state index contributed by atoms with van der Waals surface area (Å²) in [5.41, 5.74) is 0.665. The predicted octanol–water partition coefficient (Wildman–Crippen LogP) is 1.82. The SMILES string of the molecule is C=C/C=c1c(=O)n(/C(C=C)=C/C=C\C)c(=C/C)/c(=C\C)c/1=C/C. The number of hydrogen-bond acceptors (Lipinski definition) is 1. The summed E-state index contributed by atoms with van der Waals surface area (Å²) < 4.78 is 1.70. The third-order valence-corrected chi connectivity index (χ3v) is 3.59. The lowest BCUT2D eigenvalue weighted by Crippen LogP contribution is -2.61. The molecule has 0 aromatic carbocycles. The second-order valence-corrected chi connectivity index (χ2v) is 4.86. The van der Waals surface area contributed by atoms with Crippen molar-refractivity contribution in [1.82, 2.24) is 4.57 Å². The third-order valence-electron chi connectivity index (χ3n) is 3.59. The molecule has 1 aromatic rings. The highest BCUT2D eigenvalue weighted by Crippen LogP contribution is 1.98. The van der Waals surface area contributed by atoms with Crippen molar-refractivity contribution in [1.29, 1.82) is 0 Å². The third kappa shape index (κ3) is 3.59. The van der Waals surface area contributed by atoms with Crippen molar-refractivity contribution >= 4 is 30.0 Å². The summed E-state index contributed by atoms with van der Waals surface area (Å²) in [4.78, 5) is 13.1. The standard InChI is InChI=1S/C21H25NO/c1-7-13-15-16(9-3)22-20(12-6)18(11-5)17(10-4)19(14-8-2)21(22)23/h7-15H,2-3H2,1,4-6H3/b13-7-,16-15+,17-10-,18-11-,19-14+,20-12+. The number of nitrogens with zero attached hydrogens (tertiary/aromatic N) is 1. The number of aromatic nitrogens is 1. The minimum Gasteiger partial charge on any atom is -0.277 e. The van der Waals surface area contributed by atoms with Gasteiger partial charge >= 0.3 is 0 Å². The van der Waals surface area contributed by atoms with Crippen LogP contribution in [-0.4, -0.2) is 4.57 Å². The average molecular weight is 307 g/mol. The Morgan fingerprint density at radius 2 is 1.61 bits per heavy atom. The Labute approximate surface area is 137 Å². The van der Waals surface area contributed by atoms with Gasteiger partial charge in [0.05, 0.1) is 5.35 Å². The first-order valence-electron chi connectivity index (χ1n) is 7.73. The monoisotopic (exact) mass is 307 g/mol. The Hall–Kier alpha value is -2.61. The van der Waals surface area contributed by atoms with Gasteiger partial charge in [0.15, 0.2) is 0 Å². The van der Waals surface area contributed by atoms with Gasteiger partial charge in [0.2, 0.25) is 0 Å². The molecule has 1 heterocycles. The van der Waals surface area contributed by atoms with Crippen LogP contribution in [0.25, 0.3) is 30.0 Å². The van der Waals surface area contributed by atoms with E-state index in [0.29, 0.717) is 5.22 Å². The summed E-state index contributed by atoms with van der Waals surface area (Å²) in [5, 5.41) is 3.45. The first-order chi connectivity index (χ1) is 11.1. The molecule has 0 amide bonds. The molecule has 0 N–H and O–H groups in total. The lowest BCUT2D eigenvalue weighted by Gasteiger charge is -2.10. The van der Waals surface area contributed by atoms with Crippen molar-refractivity contribution in [3.8, 4) is 0 Å². The fraction of sp³-hybridized carbons (Fsp3) is 0.190. The van der Waals surface area contributed by atoms with Gasteiger partial charge in [-0.15, -0.1) is 0 Å². The molecule has 0 radical (unpaired) electrons. The van der Waals surface area contributed by atoms with Gasteiger partial charge in [-0.3, -0.25) is 9.36 Å². The Kier molecular flexibility index (Phi) is 7.01. The molecule has 0 atom stereocenters. The van der Waals surface area contributed by atoms with E-state index >= 15 is 0 Å². The van der Waals surface area contributed by atoms with Crippen LogP contribution in [0.1, 0.15) is 27.7 Å². The molecule has 2 nitrogen and oxygen atoms in total. The van der Waals surface area contributed by atoms with Crippen LogP contribution in [0.5, 0.6) is 0 Å². The topological polar surface area (TPSA) is 22.0 Å². The lowest BCUT2D eigenvalue weighted by atomic mass is 10.1. The Morgan fingerprint density at radius 3 is 2.04 bits per heavy atom. The van der Waals surface area contributed by atoms with Crippen LogP contribution < -0.4 is 26.6 Å². The van der Waals surface area contributed by atoms with Gasteiger partial charge in [0, 0.05) is 16.1 Å². The van der Waals surface area contributed by atoms with Gasteiger partial charge in [-0.2, -0.15) is 0 Å². The highest BCUT2D eigenvalue weighted by molar-refractivity contribution is 5.59. The van der Waals surface area contributed by atoms with E-state index in [1.54, 1.807) is 22.8 Å². The minimum absolute atomic E-state index is 0.0765. The Morgan fingerprint density at radius 1 is 0.957 bits per heavy atom. The van der Waals surface area contributed by atoms with E-state index in [2.05, 4.69) is 13.2 Å². The van der Waals surface area contributed by atoms with Crippen molar-refractivity contribution in [2.75, 3.05) is 0 Å². The fourth-order valence-corrected chi connectivity index (χ4v) is 2.61. The summed E-state index contributed by atoms with van der Waals surface area (Å²) >= 11 is 0. The van der Waals surface area contributed by atoms with Gasteiger partial charge in [-0.05, 0) is 51.1 Å².